The number of aryl methyl sites for hydroxylation is 2. The number of fused-ring (bicyclic) bond motifs is 4. The molecule has 0 aromatic heterocycles. The Labute approximate surface area is 222 Å². The van der Waals surface area contributed by atoms with Crippen LogP contribution >= 0.6 is 12.2 Å². The summed E-state index contributed by atoms with van der Waals surface area (Å²) in [6.07, 6.45) is 0. The van der Waals surface area contributed by atoms with Crippen molar-refractivity contribution in [1.29, 1.82) is 0 Å². The topological polar surface area (TPSA) is 72.1 Å². The van der Waals surface area contributed by atoms with Crippen LogP contribution in [-0.4, -0.2) is 30.5 Å². The van der Waals surface area contributed by atoms with Gasteiger partial charge in [0.2, 0.25) is 5.91 Å². The lowest BCUT2D eigenvalue weighted by molar-refractivity contribution is -0.130. The van der Waals surface area contributed by atoms with Gasteiger partial charge in [0.25, 0.3) is 0 Å². The number of nitrogens with zero attached hydrogens (tertiary/aromatic N) is 1. The predicted molar refractivity (Wildman–Crippen MR) is 149 cm³/mol. The van der Waals surface area contributed by atoms with Gasteiger partial charge in [0.1, 0.15) is 11.7 Å². The molecule has 0 aliphatic carbocycles. The average molecular weight is 518 g/mol. The molecule has 2 aliphatic heterocycles. The number of ether oxygens (including phenoxy) is 3. The Morgan fingerprint density at radius 3 is 2.59 bits per heavy atom. The molecule has 3 atom stereocenters. The smallest absolute Gasteiger partial charge is 0.236 e. The maximum absolute atomic E-state index is 14.1. The highest BCUT2D eigenvalue weighted by molar-refractivity contribution is 7.80. The van der Waals surface area contributed by atoms with E-state index in [1.54, 1.807) is 7.11 Å². The number of amides is 1. The van der Waals surface area contributed by atoms with E-state index in [-0.39, 0.29) is 5.91 Å². The molecule has 0 spiro atoms. The molecule has 5 rings (SSSR count). The number of para-hydroxylation sites is 1. The van der Waals surface area contributed by atoms with E-state index in [9.17, 15) is 4.79 Å². The minimum atomic E-state index is -1.15. The number of rotatable bonds is 6. The quantitative estimate of drug-likeness (QED) is 0.418. The fourth-order valence-corrected chi connectivity index (χ4v) is 5.74. The highest BCUT2D eigenvalue weighted by Gasteiger charge is 2.59. The summed E-state index contributed by atoms with van der Waals surface area (Å²) in [6, 6.07) is 18.9. The van der Waals surface area contributed by atoms with Crippen LogP contribution in [0.5, 0.6) is 17.2 Å². The molecule has 2 aliphatic rings. The Kier molecular flexibility index (Phi) is 6.45. The summed E-state index contributed by atoms with van der Waals surface area (Å²) >= 11 is 5.85. The Morgan fingerprint density at radius 1 is 1.16 bits per heavy atom. The molecule has 7 nitrogen and oxygen atoms in total. The number of thiocarbonyl (C=S) groups is 1. The molecular weight excluding hydrogens is 486 g/mol. The summed E-state index contributed by atoms with van der Waals surface area (Å²) in [7, 11) is 1.62. The second-order valence-electron chi connectivity index (χ2n) is 9.51. The van der Waals surface area contributed by atoms with Gasteiger partial charge in [-0.25, -0.2) is 0 Å². The van der Waals surface area contributed by atoms with Crippen molar-refractivity contribution in [2.24, 2.45) is 5.92 Å². The van der Waals surface area contributed by atoms with Crippen molar-refractivity contribution < 1.29 is 19.0 Å². The molecule has 2 heterocycles. The SMILES string of the molecule is CCOc1cccc2c1OC1(C)C(C(=O)Nc3ccc(C)cc3C)C2NC(=S)N1c1ccc(OC)cc1. The van der Waals surface area contributed by atoms with E-state index in [4.69, 9.17) is 26.4 Å². The molecule has 2 N–H and O–H groups in total. The van der Waals surface area contributed by atoms with Crippen LogP contribution in [0.15, 0.2) is 60.7 Å². The first-order valence-corrected chi connectivity index (χ1v) is 12.7. The van der Waals surface area contributed by atoms with Crippen LogP contribution in [0.1, 0.15) is 36.6 Å². The van der Waals surface area contributed by atoms with E-state index in [0.29, 0.717) is 23.2 Å². The van der Waals surface area contributed by atoms with Crippen LogP contribution < -0.4 is 29.7 Å². The molecule has 0 radical (unpaired) electrons. The van der Waals surface area contributed by atoms with Crippen LogP contribution in [-0.2, 0) is 4.79 Å². The lowest BCUT2D eigenvalue weighted by Gasteiger charge is -2.56. The molecule has 0 saturated carbocycles. The largest absolute Gasteiger partial charge is 0.497 e. The highest BCUT2D eigenvalue weighted by atomic mass is 32.1. The first kappa shape index (κ1) is 24.9. The lowest BCUT2D eigenvalue weighted by Crippen LogP contribution is -2.72. The summed E-state index contributed by atoms with van der Waals surface area (Å²) in [6.45, 7) is 8.36. The molecule has 2 bridgehead atoms. The Hall–Kier alpha value is -3.78. The van der Waals surface area contributed by atoms with Gasteiger partial charge in [-0.1, -0.05) is 29.8 Å². The van der Waals surface area contributed by atoms with Crippen molar-refractivity contribution in [3.8, 4) is 17.2 Å². The van der Waals surface area contributed by atoms with E-state index < -0.39 is 17.7 Å². The number of anilines is 2. The number of hydrogen-bond donors (Lipinski definition) is 2. The van der Waals surface area contributed by atoms with Crippen molar-refractivity contribution in [2.75, 3.05) is 23.9 Å². The number of hydrogen-bond acceptors (Lipinski definition) is 5. The standard InChI is InChI=1S/C29H31N3O4S/c1-6-35-23-9-7-8-21-25-24(27(33)30-22-15-10-17(2)16-18(22)3)29(4,36-26(21)23)32(28(37)31-25)19-11-13-20(34-5)14-12-19/h7-16,24-25H,6H2,1-5H3,(H,30,33)(H,31,37). The van der Waals surface area contributed by atoms with Gasteiger partial charge in [0, 0.05) is 16.9 Å². The number of methoxy groups -OCH3 is 1. The molecule has 37 heavy (non-hydrogen) atoms. The van der Waals surface area contributed by atoms with Gasteiger partial charge in [-0.3, -0.25) is 9.69 Å². The van der Waals surface area contributed by atoms with Gasteiger partial charge < -0.3 is 24.8 Å². The zero-order chi connectivity index (χ0) is 26.3. The van der Waals surface area contributed by atoms with Gasteiger partial charge in [0.15, 0.2) is 22.3 Å². The highest BCUT2D eigenvalue weighted by Crippen LogP contribution is 2.52. The first-order valence-electron chi connectivity index (χ1n) is 12.3. The fraction of sp³-hybridized carbons (Fsp3) is 0.310. The van der Waals surface area contributed by atoms with Crippen LogP contribution in [0, 0.1) is 19.8 Å². The summed E-state index contributed by atoms with van der Waals surface area (Å²) in [4.78, 5) is 15.9. The molecule has 1 fully saturated rings. The monoisotopic (exact) mass is 517 g/mol. The fourth-order valence-electron chi connectivity index (χ4n) is 5.32. The normalized spacial score (nSPS) is 21.9. The summed E-state index contributed by atoms with van der Waals surface area (Å²) < 4.78 is 18.0. The van der Waals surface area contributed by atoms with E-state index >= 15 is 0 Å². The van der Waals surface area contributed by atoms with Gasteiger partial charge in [-0.15, -0.1) is 0 Å². The second-order valence-corrected chi connectivity index (χ2v) is 9.90. The molecule has 3 aromatic carbocycles. The third-order valence-corrected chi connectivity index (χ3v) is 7.34. The average Bonchev–Trinajstić information content (AvgIpc) is 2.86. The summed E-state index contributed by atoms with van der Waals surface area (Å²) in [5.41, 5.74) is 3.36. The third-order valence-electron chi connectivity index (χ3n) is 7.04. The summed E-state index contributed by atoms with van der Waals surface area (Å²) in [5, 5.41) is 7.08. The van der Waals surface area contributed by atoms with Crippen molar-refractivity contribution in [2.45, 2.75) is 39.5 Å². The minimum Gasteiger partial charge on any atom is -0.497 e. The molecule has 192 valence electrons. The third kappa shape index (κ3) is 4.25. The number of nitrogens with one attached hydrogen (secondary N) is 2. The molecular formula is C29H31N3O4S. The Morgan fingerprint density at radius 2 is 1.92 bits per heavy atom. The first-order chi connectivity index (χ1) is 17.8. The number of carbonyl (C=O) groups is 1. The molecule has 3 aromatic rings. The second kappa shape index (κ2) is 9.59. The van der Waals surface area contributed by atoms with Gasteiger partial charge >= 0.3 is 0 Å². The number of benzene rings is 3. The molecule has 1 saturated heterocycles. The van der Waals surface area contributed by atoms with Gasteiger partial charge in [-0.2, -0.15) is 0 Å². The molecule has 3 unspecified atom stereocenters. The maximum atomic E-state index is 14.1. The van der Waals surface area contributed by atoms with Crippen molar-refractivity contribution in [3.63, 3.8) is 0 Å². The molecule has 1 amide bonds. The maximum Gasteiger partial charge on any atom is 0.236 e. The van der Waals surface area contributed by atoms with Gasteiger partial charge in [0.05, 0.1) is 19.8 Å². The summed E-state index contributed by atoms with van der Waals surface area (Å²) in [5.74, 6) is 1.15. The van der Waals surface area contributed by atoms with Crippen LogP contribution in [0.3, 0.4) is 0 Å². The van der Waals surface area contributed by atoms with Crippen molar-refractivity contribution in [1.82, 2.24) is 5.32 Å². The van der Waals surface area contributed by atoms with E-state index in [1.165, 1.54) is 0 Å². The van der Waals surface area contributed by atoms with E-state index in [2.05, 4.69) is 16.7 Å². The minimum absolute atomic E-state index is 0.166. The van der Waals surface area contributed by atoms with E-state index in [1.807, 2.05) is 87.2 Å². The predicted octanol–water partition coefficient (Wildman–Crippen LogP) is 5.51. The lowest BCUT2D eigenvalue weighted by atomic mass is 9.78. The zero-order valence-corrected chi connectivity index (χ0v) is 22.4. The Balaban J connectivity index is 1.63. The zero-order valence-electron chi connectivity index (χ0n) is 21.6. The Bertz CT molecular complexity index is 1360. The van der Waals surface area contributed by atoms with Crippen LogP contribution in [0.25, 0.3) is 0 Å². The molecule has 8 heteroatoms. The van der Waals surface area contributed by atoms with Gasteiger partial charge in [-0.05, 0) is 81.9 Å². The van der Waals surface area contributed by atoms with Crippen LogP contribution in [0.4, 0.5) is 11.4 Å². The number of carbonyl (C=O) groups excluding carboxylic acids is 1. The van der Waals surface area contributed by atoms with E-state index in [0.717, 1.165) is 33.8 Å². The van der Waals surface area contributed by atoms with Crippen LogP contribution in [0.2, 0.25) is 0 Å². The van der Waals surface area contributed by atoms with Crippen molar-refractivity contribution in [3.05, 3.63) is 77.4 Å². The van der Waals surface area contributed by atoms with Crippen molar-refractivity contribution >= 4 is 34.6 Å².